The summed E-state index contributed by atoms with van der Waals surface area (Å²) in [5.41, 5.74) is 0. The fourth-order valence-corrected chi connectivity index (χ4v) is 4.38. The molecular formula is C17H32N4OS. The lowest BCUT2D eigenvalue weighted by Crippen LogP contribution is -2.49. The van der Waals surface area contributed by atoms with Crippen LogP contribution in [0.2, 0.25) is 0 Å². The minimum Gasteiger partial charge on any atom is -0.357 e. The number of rotatable bonds is 5. The van der Waals surface area contributed by atoms with E-state index in [0.29, 0.717) is 24.1 Å². The fourth-order valence-electron chi connectivity index (χ4n) is 3.08. The number of carbonyl (C=O) groups excluding carboxylic acids is 1. The lowest BCUT2D eigenvalue weighted by Gasteiger charge is -2.36. The van der Waals surface area contributed by atoms with Crippen molar-refractivity contribution in [2.75, 3.05) is 45.0 Å². The third-order valence-electron chi connectivity index (χ3n) is 4.52. The van der Waals surface area contributed by atoms with Crippen molar-refractivity contribution >= 4 is 23.6 Å². The highest BCUT2D eigenvalue weighted by molar-refractivity contribution is 8.00. The van der Waals surface area contributed by atoms with Crippen LogP contribution in [0.1, 0.15) is 40.0 Å². The summed E-state index contributed by atoms with van der Waals surface area (Å²) >= 11 is 2.07. The predicted octanol–water partition coefficient (Wildman–Crippen LogP) is 2.04. The summed E-state index contributed by atoms with van der Waals surface area (Å²) in [6.07, 6.45) is 2.84. The molecule has 1 amide bonds. The van der Waals surface area contributed by atoms with Crippen molar-refractivity contribution in [1.82, 2.24) is 15.1 Å². The van der Waals surface area contributed by atoms with Crippen molar-refractivity contribution in [3.05, 3.63) is 0 Å². The number of hydrogen-bond donors (Lipinski definition) is 1. The first-order chi connectivity index (χ1) is 11.1. The van der Waals surface area contributed by atoms with Crippen LogP contribution in [0.25, 0.3) is 0 Å². The molecule has 0 saturated carbocycles. The molecule has 0 radical (unpaired) electrons. The van der Waals surface area contributed by atoms with Gasteiger partial charge >= 0.3 is 0 Å². The summed E-state index contributed by atoms with van der Waals surface area (Å²) < 4.78 is 0. The zero-order chi connectivity index (χ0) is 16.7. The van der Waals surface area contributed by atoms with Crippen molar-refractivity contribution in [3.63, 3.8) is 0 Å². The van der Waals surface area contributed by atoms with Gasteiger partial charge in [0.15, 0.2) is 5.96 Å². The van der Waals surface area contributed by atoms with Crippen LogP contribution in [0.3, 0.4) is 0 Å². The van der Waals surface area contributed by atoms with Crippen molar-refractivity contribution in [3.8, 4) is 0 Å². The zero-order valence-electron chi connectivity index (χ0n) is 14.9. The molecule has 0 bridgehead atoms. The Hall–Kier alpha value is -0.910. The number of amides is 1. The monoisotopic (exact) mass is 340 g/mol. The summed E-state index contributed by atoms with van der Waals surface area (Å²) in [6.45, 7) is 12.1. The van der Waals surface area contributed by atoms with Gasteiger partial charge in [0.25, 0.3) is 0 Å². The van der Waals surface area contributed by atoms with E-state index >= 15 is 0 Å². The lowest BCUT2D eigenvalue weighted by atomic mass is 10.1. The molecule has 1 unspecified atom stereocenters. The molecule has 6 heteroatoms. The second-order valence-electron chi connectivity index (χ2n) is 6.67. The highest BCUT2D eigenvalue weighted by atomic mass is 32.2. The first-order valence-electron chi connectivity index (χ1n) is 9.04. The Balaban J connectivity index is 1.87. The minimum absolute atomic E-state index is 0.261. The maximum atomic E-state index is 12.1. The third-order valence-corrected chi connectivity index (χ3v) is 6.06. The van der Waals surface area contributed by atoms with Gasteiger partial charge < -0.3 is 15.1 Å². The van der Waals surface area contributed by atoms with Gasteiger partial charge in [-0.05, 0) is 25.7 Å². The maximum Gasteiger partial charge on any atom is 0.224 e. The molecule has 23 heavy (non-hydrogen) atoms. The summed E-state index contributed by atoms with van der Waals surface area (Å²) in [7, 11) is 0. The highest BCUT2D eigenvalue weighted by Gasteiger charge is 2.25. The molecule has 0 spiro atoms. The van der Waals surface area contributed by atoms with E-state index in [2.05, 4.69) is 42.7 Å². The number of likely N-dealkylation sites (tertiary alicyclic amines) is 1. The number of nitrogens with zero attached hydrogens (tertiary/aromatic N) is 3. The highest BCUT2D eigenvalue weighted by Crippen LogP contribution is 2.24. The van der Waals surface area contributed by atoms with Gasteiger partial charge in [-0.2, -0.15) is 11.8 Å². The average Bonchev–Trinajstić information content (AvgIpc) is 3.08. The summed E-state index contributed by atoms with van der Waals surface area (Å²) in [4.78, 5) is 21.2. The molecule has 1 atom stereocenters. The van der Waals surface area contributed by atoms with Crippen LogP contribution < -0.4 is 5.32 Å². The maximum absolute atomic E-state index is 12.1. The number of hydrogen-bond acceptors (Lipinski definition) is 3. The van der Waals surface area contributed by atoms with E-state index in [1.54, 1.807) is 0 Å². The Morgan fingerprint density at radius 2 is 2.00 bits per heavy atom. The van der Waals surface area contributed by atoms with E-state index in [1.165, 1.54) is 0 Å². The van der Waals surface area contributed by atoms with Gasteiger partial charge in [-0.25, -0.2) is 0 Å². The van der Waals surface area contributed by atoms with Crippen LogP contribution in [0.4, 0.5) is 0 Å². The van der Waals surface area contributed by atoms with E-state index in [4.69, 9.17) is 4.99 Å². The number of guanidine groups is 1. The molecule has 0 aromatic rings. The van der Waals surface area contributed by atoms with Gasteiger partial charge in [-0.1, -0.05) is 13.8 Å². The number of carbonyl (C=O) groups is 1. The van der Waals surface area contributed by atoms with E-state index in [9.17, 15) is 4.79 Å². The van der Waals surface area contributed by atoms with Crippen LogP contribution in [-0.4, -0.2) is 71.9 Å². The summed E-state index contributed by atoms with van der Waals surface area (Å²) in [6, 6.07) is 0. The number of aliphatic imine (C=N–C) groups is 1. The van der Waals surface area contributed by atoms with Gasteiger partial charge in [0.05, 0.1) is 6.54 Å². The first kappa shape index (κ1) is 18.4. The van der Waals surface area contributed by atoms with Crippen molar-refractivity contribution < 1.29 is 4.79 Å². The number of thioether (sulfide) groups is 1. The van der Waals surface area contributed by atoms with Crippen LogP contribution in [0, 0.1) is 5.92 Å². The van der Waals surface area contributed by atoms with Gasteiger partial charge in [0, 0.05) is 50.1 Å². The van der Waals surface area contributed by atoms with Gasteiger partial charge in [0.2, 0.25) is 5.91 Å². The van der Waals surface area contributed by atoms with Crippen molar-refractivity contribution in [2.45, 2.75) is 45.3 Å². The van der Waals surface area contributed by atoms with E-state index in [1.807, 2.05) is 4.90 Å². The van der Waals surface area contributed by atoms with E-state index in [0.717, 1.165) is 57.3 Å². The quantitative estimate of drug-likeness (QED) is 0.615. The summed E-state index contributed by atoms with van der Waals surface area (Å²) in [5, 5.41) is 4.06. The standard InChI is InChI=1S/C17H32N4OS/c1-4-18-17(21-11-12-23-15(13-21)14(2)3)19-8-7-16(22)20-9-5-6-10-20/h14-15H,4-13H2,1-3H3,(H,18,19). The predicted molar refractivity (Wildman–Crippen MR) is 99.1 cm³/mol. The molecule has 2 aliphatic heterocycles. The Bertz CT molecular complexity index is 407. The molecule has 2 fully saturated rings. The second-order valence-corrected chi connectivity index (χ2v) is 8.02. The van der Waals surface area contributed by atoms with Gasteiger partial charge in [0.1, 0.15) is 0 Å². The van der Waals surface area contributed by atoms with Crippen molar-refractivity contribution in [2.24, 2.45) is 10.9 Å². The zero-order valence-corrected chi connectivity index (χ0v) is 15.7. The SMILES string of the molecule is CCNC(=NCCC(=O)N1CCCC1)N1CCSC(C(C)C)C1. The van der Waals surface area contributed by atoms with E-state index in [-0.39, 0.29) is 5.91 Å². The molecule has 1 N–H and O–H groups in total. The molecule has 2 aliphatic rings. The molecule has 5 nitrogen and oxygen atoms in total. The second kappa shape index (κ2) is 9.40. The Labute approximate surface area is 145 Å². The average molecular weight is 341 g/mol. The van der Waals surface area contributed by atoms with Crippen LogP contribution >= 0.6 is 11.8 Å². The molecule has 0 aliphatic carbocycles. The fraction of sp³-hybridized carbons (Fsp3) is 0.882. The van der Waals surface area contributed by atoms with Crippen LogP contribution in [0.15, 0.2) is 4.99 Å². The van der Waals surface area contributed by atoms with E-state index < -0.39 is 0 Å². The molecular weight excluding hydrogens is 308 g/mol. The minimum atomic E-state index is 0.261. The van der Waals surface area contributed by atoms with Crippen molar-refractivity contribution in [1.29, 1.82) is 0 Å². The van der Waals surface area contributed by atoms with Gasteiger partial charge in [-0.15, -0.1) is 0 Å². The molecule has 132 valence electrons. The van der Waals surface area contributed by atoms with Gasteiger partial charge in [-0.3, -0.25) is 9.79 Å². The lowest BCUT2D eigenvalue weighted by molar-refractivity contribution is -0.129. The first-order valence-corrected chi connectivity index (χ1v) is 10.1. The molecule has 2 saturated heterocycles. The largest absolute Gasteiger partial charge is 0.357 e. The smallest absolute Gasteiger partial charge is 0.224 e. The topological polar surface area (TPSA) is 47.9 Å². The molecule has 0 aromatic heterocycles. The molecule has 2 heterocycles. The molecule has 2 rings (SSSR count). The van der Waals surface area contributed by atoms with Crippen LogP contribution in [-0.2, 0) is 4.79 Å². The van der Waals surface area contributed by atoms with Crippen LogP contribution in [0.5, 0.6) is 0 Å². The summed E-state index contributed by atoms with van der Waals surface area (Å²) in [5.74, 6) is 3.08. The Morgan fingerprint density at radius 1 is 1.26 bits per heavy atom. The number of nitrogens with one attached hydrogen (secondary N) is 1. The Morgan fingerprint density at radius 3 is 2.65 bits per heavy atom. The molecule has 0 aromatic carbocycles. The third kappa shape index (κ3) is 5.59. The normalized spacial score (nSPS) is 22.8. The Kier molecular flexibility index (Phi) is 7.53.